The van der Waals surface area contributed by atoms with Crippen molar-refractivity contribution < 1.29 is 9.53 Å². The summed E-state index contributed by atoms with van der Waals surface area (Å²) in [6, 6.07) is 0.00924. The number of nitrogens with two attached hydrogens (primary N) is 1. The number of ether oxygens (including phenoxy) is 1. The van der Waals surface area contributed by atoms with Crippen LogP contribution < -0.4 is 11.1 Å². The topological polar surface area (TPSA) is 64.4 Å². The number of carbonyl (C=O) groups is 1. The first-order chi connectivity index (χ1) is 8.44. The fraction of sp³-hybridized carbons (Fsp3) is 0.929. The molecular formula is C14H26N2O2. The van der Waals surface area contributed by atoms with Crippen LogP contribution in [0.1, 0.15) is 46.5 Å². The predicted octanol–water partition coefficient (Wildman–Crippen LogP) is 1.43. The zero-order valence-electron chi connectivity index (χ0n) is 11.7. The van der Waals surface area contributed by atoms with Crippen molar-refractivity contribution in [2.24, 2.45) is 17.6 Å². The van der Waals surface area contributed by atoms with Crippen molar-refractivity contribution in [1.29, 1.82) is 0 Å². The van der Waals surface area contributed by atoms with Crippen LogP contribution in [0.2, 0.25) is 0 Å². The van der Waals surface area contributed by atoms with Gasteiger partial charge in [0, 0.05) is 12.6 Å². The van der Waals surface area contributed by atoms with Gasteiger partial charge in [-0.05, 0) is 39.0 Å². The van der Waals surface area contributed by atoms with Crippen molar-refractivity contribution in [3.05, 3.63) is 0 Å². The van der Waals surface area contributed by atoms with Crippen LogP contribution in [-0.4, -0.2) is 30.2 Å². The van der Waals surface area contributed by atoms with E-state index in [1.54, 1.807) is 0 Å². The maximum absolute atomic E-state index is 12.5. The molecule has 2 fully saturated rings. The van der Waals surface area contributed by atoms with Gasteiger partial charge >= 0.3 is 0 Å². The van der Waals surface area contributed by atoms with Gasteiger partial charge in [0.25, 0.3) is 0 Å². The van der Waals surface area contributed by atoms with Gasteiger partial charge in [0.15, 0.2) is 0 Å². The van der Waals surface area contributed by atoms with Gasteiger partial charge in [0.05, 0.1) is 17.6 Å². The molecule has 4 heteroatoms. The lowest BCUT2D eigenvalue weighted by Crippen LogP contribution is -2.56. The van der Waals surface area contributed by atoms with Crippen LogP contribution in [0.25, 0.3) is 0 Å². The van der Waals surface area contributed by atoms with Crippen molar-refractivity contribution in [3.63, 3.8) is 0 Å². The highest BCUT2D eigenvalue weighted by Gasteiger charge is 2.42. The molecule has 5 atom stereocenters. The van der Waals surface area contributed by atoms with Crippen molar-refractivity contribution in [2.75, 3.05) is 6.61 Å². The SMILES string of the molecule is CC1CCCC(N)C1C(=O)NC1(C)CCOC1C. The van der Waals surface area contributed by atoms with Crippen LogP contribution >= 0.6 is 0 Å². The number of hydrogen-bond acceptors (Lipinski definition) is 3. The fourth-order valence-corrected chi connectivity index (χ4v) is 3.27. The molecule has 1 aliphatic carbocycles. The minimum Gasteiger partial charge on any atom is -0.376 e. The van der Waals surface area contributed by atoms with Crippen LogP contribution in [0, 0.1) is 11.8 Å². The maximum Gasteiger partial charge on any atom is 0.225 e. The Morgan fingerprint density at radius 3 is 2.67 bits per heavy atom. The van der Waals surface area contributed by atoms with E-state index in [4.69, 9.17) is 10.5 Å². The average Bonchev–Trinajstić information content (AvgIpc) is 2.58. The highest BCUT2D eigenvalue weighted by molar-refractivity contribution is 5.80. The van der Waals surface area contributed by atoms with Crippen LogP contribution in [0.4, 0.5) is 0 Å². The Labute approximate surface area is 110 Å². The molecule has 3 N–H and O–H groups in total. The number of carbonyl (C=O) groups excluding carboxylic acids is 1. The van der Waals surface area contributed by atoms with Gasteiger partial charge in [-0.3, -0.25) is 4.79 Å². The number of nitrogens with one attached hydrogen (secondary N) is 1. The molecular weight excluding hydrogens is 228 g/mol. The molecule has 18 heavy (non-hydrogen) atoms. The Hall–Kier alpha value is -0.610. The second kappa shape index (κ2) is 5.17. The van der Waals surface area contributed by atoms with Gasteiger partial charge in [-0.15, -0.1) is 0 Å². The highest BCUT2D eigenvalue weighted by atomic mass is 16.5. The molecule has 1 saturated heterocycles. The fourth-order valence-electron chi connectivity index (χ4n) is 3.27. The molecule has 0 radical (unpaired) electrons. The van der Waals surface area contributed by atoms with Crippen molar-refractivity contribution in [3.8, 4) is 0 Å². The summed E-state index contributed by atoms with van der Waals surface area (Å²) in [6.07, 6.45) is 4.18. The van der Waals surface area contributed by atoms with Gasteiger partial charge in [-0.25, -0.2) is 0 Å². The molecule has 1 aliphatic heterocycles. The monoisotopic (exact) mass is 254 g/mol. The molecule has 1 heterocycles. The van der Waals surface area contributed by atoms with Gasteiger partial charge in [0.1, 0.15) is 0 Å². The molecule has 4 nitrogen and oxygen atoms in total. The van der Waals surface area contributed by atoms with Crippen LogP contribution in [0.15, 0.2) is 0 Å². The van der Waals surface area contributed by atoms with Gasteiger partial charge < -0.3 is 15.8 Å². The Balaban J connectivity index is 2.02. The second-order valence-electron chi connectivity index (χ2n) is 6.27. The Kier molecular flexibility index (Phi) is 3.97. The van der Waals surface area contributed by atoms with Crippen molar-refractivity contribution >= 4 is 5.91 Å². The first-order valence-electron chi connectivity index (χ1n) is 7.13. The minimum absolute atomic E-state index is 0.00924. The lowest BCUT2D eigenvalue weighted by atomic mass is 9.76. The lowest BCUT2D eigenvalue weighted by Gasteiger charge is -2.37. The van der Waals surface area contributed by atoms with E-state index in [0.29, 0.717) is 5.92 Å². The summed E-state index contributed by atoms with van der Waals surface area (Å²) in [6.45, 7) is 6.96. The molecule has 1 amide bonds. The summed E-state index contributed by atoms with van der Waals surface area (Å²) >= 11 is 0. The lowest BCUT2D eigenvalue weighted by molar-refractivity contribution is -0.130. The van der Waals surface area contributed by atoms with E-state index in [1.165, 1.54) is 0 Å². The zero-order chi connectivity index (χ0) is 13.3. The minimum atomic E-state index is -0.228. The van der Waals surface area contributed by atoms with Gasteiger partial charge in [0.2, 0.25) is 5.91 Å². The van der Waals surface area contributed by atoms with Crippen LogP contribution in [0.3, 0.4) is 0 Å². The quantitative estimate of drug-likeness (QED) is 0.783. The molecule has 2 rings (SSSR count). The smallest absolute Gasteiger partial charge is 0.225 e. The van der Waals surface area contributed by atoms with Crippen molar-refractivity contribution in [1.82, 2.24) is 5.32 Å². The van der Waals surface area contributed by atoms with E-state index >= 15 is 0 Å². The summed E-state index contributed by atoms with van der Waals surface area (Å²) < 4.78 is 5.56. The molecule has 0 aromatic carbocycles. The molecule has 5 unspecified atom stereocenters. The number of amides is 1. The normalized spacial score (nSPS) is 44.9. The van der Waals surface area contributed by atoms with E-state index in [9.17, 15) is 4.79 Å². The third kappa shape index (κ3) is 2.54. The van der Waals surface area contributed by atoms with E-state index < -0.39 is 0 Å². The number of rotatable bonds is 2. The average molecular weight is 254 g/mol. The first-order valence-corrected chi connectivity index (χ1v) is 7.13. The standard InChI is InChI=1S/C14H26N2O2/c1-9-5-4-6-11(15)12(9)13(17)16-14(3)7-8-18-10(14)2/h9-12H,4-8,15H2,1-3H3,(H,16,17). The summed E-state index contributed by atoms with van der Waals surface area (Å²) in [5.74, 6) is 0.466. The molecule has 0 aromatic rings. The number of hydrogen-bond donors (Lipinski definition) is 2. The van der Waals surface area contributed by atoms with E-state index in [2.05, 4.69) is 19.2 Å². The highest BCUT2D eigenvalue weighted by Crippen LogP contribution is 2.31. The predicted molar refractivity (Wildman–Crippen MR) is 71.1 cm³/mol. The summed E-state index contributed by atoms with van der Waals surface area (Å²) in [5.41, 5.74) is 5.90. The van der Waals surface area contributed by atoms with E-state index in [0.717, 1.165) is 32.3 Å². The molecule has 104 valence electrons. The van der Waals surface area contributed by atoms with Gasteiger partial charge in [-0.1, -0.05) is 13.3 Å². The molecule has 0 aromatic heterocycles. The maximum atomic E-state index is 12.5. The third-order valence-electron chi connectivity index (χ3n) is 4.87. The van der Waals surface area contributed by atoms with E-state index in [-0.39, 0.29) is 29.5 Å². The van der Waals surface area contributed by atoms with Gasteiger partial charge in [-0.2, -0.15) is 0 Å². The van der Waals surface area contributed by atoms with Crippen LogP contribution in [0.5, 0.6) is 0 Å². The molecule has 0 bridgehead atoms. The Morgan fingerprint density at radius 1 is 1.39 bits per heavy atom. The van der Waals surface area contributed by atoms with E-state index in [1.807, 2.05) is 6.92 Å². The van der Waals surface area contributed by atoms with Crippen LogP contribution in [-0.2, 0) is 9.53 Å². The third-order valence-corrected chi connectivity index (χ3v) is 4.87. The zero-order valence-corrected chi connectivity index (χ0v) is 11.7. The Morgan fingerprint density at radius 2 is 2.11 bits per heavy atom. The molecule has 2 aliphatic rings. The Bertz CT molecular complexity index is 311. The molecule has 1 saturated carbocycles. The largest absolute Gasteiger partial charge is 0.376 e. The summed E-state index contributed by atoms with van der Waals surface area (Å²) in [4.78, 5) is 12.5. The molecule has 0 spiro atoms. The summed E-state index contributed by atoms with van der Waals surface area (Å²) in [5, 5.41) is 3.19. The van der Waals surface area contributed by atoms with Crippen molar-refractivity contribution in [2.45, 2.75) is 64.1 Å². The second-order valence-corrected chi connectivity index (χ2v) is 6.27. The summed E-state index contributed by atoms with van der Waals surface area (Å²) in [7, 11) is 0. The first kappa shape index (κ1) is 13.8.